The second-order valence-electron chi connectivity index (χ2n) is 4.92. The highest BCUT2D eigenvalue weighted by Crippen LogP contribution is 2.23. The highest BCUT2D eigenvalue weighted by molar-refractivity contribution is 5.73. The Bertz CT molecular complexity index is 368. The minimum absolute atomic E-state index is 0.468. The molecule has 0 bridgehead atoms. The molecule has 0 aromatic rings. The van der Waals surface area contributed by atoms with Crippen LogP contribution in [0.25, 0.3) is 0 Å². The molecule has 1 aliphatic rings. The van der Waals surface area contributed by atoms with E-state index in [1.54, 1.807) is 6.29 Å². The fraction of sp³-hybridized carbons (Fsp3) is 0.833. The van der Waals surface area contributed by atoms with Crippen molar-refractivity contribution in [2.45, 2.75) is 56.6 Å². The van der Waals surface area contributed by atoms with Gasteiger partial charge in [0.15, 0.2) is 6.29 Å². The lowest BCUT2D eigenvalue weighted by Crippen LogP contribution is -2.65. The molecule has 1 saturated heterocycles. The van der Waals surface area contributed by atoms with E-state index >= 15 is 0 Å². The number of hydrogen-bond donors (Lipinski definition) is 5. The van der Waals surface area contributed by atoms with Crippen LogP contribution in [0.2, 0.25) is 0 Å². The highest BCUT2D eigenvalue weighted by atomic mass is 16.7. The van der Waals surface area contributed by atoms with Gasteiger partial charge in [-0.1, -0.05) is 0 Å². The van der Waals surface area contributed by atoms with Gasteiger partial charge in [-0.3, -0.25) is 9.59 Å². The Hall–Kier alpha value is -1.10. The fourth-order valence-electron chi connectivity index (χ4n) is 1.98. The molecule has 0 spiro atoms. The number of aliphatic hydroxyl groups is 3. The predicted octanol–water partition coefficient (Wildman–Crippen LogP) is -3.23. The first-order chi connectivity index (χ1) is 9.81. The first-order valence-corrected chi connectivity index (χ1v) is 6.50. The van der Waals surface area contributed by atoms with Crippen molar-refractivity contribution < 1.29 is 34.4 Å². The van der Waals surface area contributed by atoms with Crippen molar-refractivity contribution in [3.05, 3.63) is 0 Å². The van der Waals surface area contributed by atoms with Crippen LogP contribution in [-0.2, 0) is 19.1 Å². The lowest BCUT2D eigenvalue weighted by molar-refractivity contribution is -0.280. The Morgan fingerprint density at radius 2 is 2.10 bits per heavy atom. The van der Waals surface area contributed by atoms with E-state index < -0.39 is 55.3 Å². The third kappa shape index (κ3) is 4.43. The number of carbonyl (C=O) groups excluding carboxylic acids is 2. The number of carbonyl (C=O) groups is 1. The van der Waals surface area contributed by atoms with E-state index in [-0.39, 0.29) is 0 Å². The lowest BCUT2D eigenvalue weighted by Gasteiger charge is -2.43. The fourth-order valence-corrected chi connectivity index (χ4v) is 1.98. The first-order valence-electron chi connectivity index (χ1n) is 6.50. The van der Waals surface area contributed by atoms with Gasteiger partial charge in [0.05, 0.1) is 18.8 Å². The number of aliphatic hydroxyl groups excluding tert-OH is 3. The summed E-state index contributed by atoms with van der Waals surface area (Å²) >= 11 is 0. The van der Waals surface area contributed by atoms with E-state index in [1.165, 1.54) is 13.8 Å². The van der Waals surface area contributed by atoms with E-state index in [0.717, 1.165) is 0 Å². The van der Waals surface area contributed by atoms with E-state index in [0.29, 0.717) is 0 Å². The number of amides is 1. The Morgan fingerprint density at radius 3 is 2.57 bits per heavy atom. The molecule has 1 rings (SSSR count). The molecule has 1 radical (unpaired) electrons. The van der Waals surface area contributed by atoms with Crippen molar-refractivity contribution in [1.29, 1.82) is 0 Å². The van der Waals surface area contributed by atoms with Crippen LogP contribution in [0.1, 0.15) is 13.8 Å². The maximum Gasteiger partial charge on any atom is 0.219 e. The molecule has 6 N–H and O–H groups in total. The average molecular weight is 305 g/mol. The predicted molar refractivity (Wildman–Crippen MR) is 69.6 cm³/mol. The van der Waals surface area contributed by atoms with Crippen molar-refractivity contribution >= 4 is 12.2 Å². The van der Waals surface area contributed by atoms with Crippen LogP contribution in [-0.4, -0.2) is 76.9 Å². The highest BCUT2D eigenvalue weighted by Gasteiger charge is 2.46. The standard InChI is InChI=1S/C12H21N2O7/c1-5(7(13)3-15)20-12-9(14-6(2)17)11(19)10(18)8(4-16)21-12/h5,7-12,16,18-19H,4,13H2,1-2H3,(H,14,17)/t5?,7-,8-,9-,10+,11-,12+/m1/s1. The van der Waals surface area contributed by atoms with E-state index in [9.17, 15) is 19.8 Å². The topological polar surface area (TPSA) is 151 Å². The molecule has 7 atom stereocenters. The first kappa shape index (κ1) is 18.0. The van der Waals surface area contributed by atoms with Crippen LogP contribution in [0.5, 0.6) is 0 Å². The number of nitrogens with one attached hydrogen (secondary N) is 1. The molecule has 9 heteroatoms. The molecule has 1 fully saturated rings. The zero-order valence-electron chi connectivity index (χ0n) is 11.8. The van der Waals surface area contributed by atoms with E-state index in [2.05, 4.69) is 5.32 Å². The summed E-state index contributed by atoms with van der Waals surface area (Å²) < 4.78 is 10.7. The molecule has 9 nitrogen and oxygen atoms in total. The molecule has 0 aromatic heterocycles. The largest absolute Gasteiger partial charge is 0.394 e. The molecule has 1 heterocycles. The monoisotopic (exact) mass is 305 g/mol. The van der Waals surface area contributed by atoms with Crippen LogP contribution < -0.4 is 11.1 Å². The van der Waals surface area contributed by atoms with Gasteiger partial charge in [-0.2, -0.15) is 0 Å². The Labute approximate surface area is 122 Å². The summed E-state index contributed by atoms with van der Waals surface area (Å²) in [6, 6.07) is -2.11. The zero-order valence-corrected chi connectivity index (χ0v) is 11.8. The number of hydrogen-bond acceptors (Lipinski definition) is 8. The zero-order chi connectivity index (χ0) is 16.2. The van der Waals surface area contributed by atoms with Crippen LogP contribution >= 0.6 is 0 Å². The van der Waals surface area contributed by atoms with Crippen LogP contribution in [0.15, 0.2) is 0 Å². The third-order valence-corrected chi connectivity index (χ3v) is 3.24. The van der Waals surface area contributed by atoms with Crippen LogP contribution in [0.3, 0.4) is 0 Å². The molecule has 1 aliphatic heterocycles. The molecule has 21 heavy (non-hydrogen) atoms. The minimum Gasteiger partial charge on any atom is -0.394 e. The summed E-state index contributed by atoms with van der Waals surface area (Å²) in [6.07, 6.45) is -4.32. The minimum atomic E-state index is -1.41. The maximum absolute atomic E-state index is 11.2. The molecule has 1 amide bonds. The van der Waals surface area contributed by atoms with Gasteiger partial charge in [-0.05, 0) is 6.92 Å². The number of nitrogens with two attached hydrogens (primary N) is 1. The Morgan fingerprint density at radius 1 is 1.48 bits per heavy atom. The van der Waals surface area contributed by atoms with Gasteiger partial charge in [0.25, 0.3) is 0 Å². The molecular weight excluding hydrogens is 284 g/mol. The quantitative estimate of drug-likeness (QED) is 0.343. The molecule has 0 aliphatic carbocycles. The summed E-state index contributed by atoms with van der Waals surface area (Å²) in [5, 5.41) is 31.3. The van der Waals surface area contributed by atoms with Crippen molar-refractivity contribution in [3.63, 3.8) is 0 Å². The Kier molecular flexibility index (Phi) is 6.65. The number of ether oxygens (including phenoxy) is 2. The summed E-state index contributed by atoms with van der Waals surface area (Å²) in [7, 11) is 0. The van der Waals surface area contributed by atoms with Gasteiger partial charge in [0, 0.05) is 6.92 Å². The lowest BCUT2D eigenvalue weighted by atomic mass is 9.97. The third-order valence-electron chi connectivity index (χ3n) is 3.24. The van der Waals surface area contributed by atoms with Gasteiger partial charge in [0.1, 0.15) is 24.4 Å². The SMILES string of the molecule is CC(=O)N[C@H]1[C@@H](OC(C)[C@H](N)[C]=O)O[C@H](CO)[C@H](O)[C@@H]1O. The van der Waals surface area contributed by atoms with Gasteiger partial charge >= 0.3 is 0 Å². The van der Waals surface area contributed by atoms with Crippen molar-refractivity contribution in [3.8, 4) is 0 Å². The van der Waals surface area contributed by atoms with Gasteiger partial charge in [-0.25, -0.2) is 0 Å². The van der Waals surface area contributed by atoms with Crippen molar-refractivity contribution in [2.75, 3.05) is 6.61 Å². The molecule has 0 aromatic carbocycles. The normalized spacial score (nSPS) is 35.8. The molecule has 121 valence electrons. The van der Waals surface area contributed by atoms with Gasteiger partial charge in [0.2, 0.25) is 12.2 Å². The molecule has 1 unspecified atom stereocenters. The summed E-state index contributed by atoms with van der Waals surface area (Å²) in [6.45, 7) is 2.17. The average Bonchev–Trinajstić information content (AvgIpc) is 2.45. The summed E-state index contributed by atoms with van der Waals surface area (Å²) in [5.41, 5.74) is 5.46. The smallest absolute Gasteiger partial charge is 0.219 e. The maximum atomic E-state index is 11.2. The molecule has 0 saturated carbocycles. The Balaban J connectivity index is 2.87. The van der Waals surface area contributed by atoms with E-state index in [4.69, 9.17) is 20.3 Å². The van der Waals surface area contributed by atoms with Crippen molar-refractivity contribution in [2.24, 2.45) is 5.73 Å². The van der Waals surface area contributed by atoms with Crippen molar-refractivity contribution in [1.82, 2.24) is 5.32 Å². The summed E-state index contributed by atoms with van der Waals surface area (Å²) in [5.74, 6) is -0.468. The second-order valence-corrected chi connectivity index (χ2v) is 4.92. The van der Waals surface area contributed by atoms with Crippen LogP contribution in [0.4, 0.5) is 0 Å². The molecular formula is C12H21N2O7. The van der Waals surface area contributed by atoms with Crippen LogP contribution in [0, 0.1) is 0 Å². The second kappa shape index (κ2) is 7.78. The summed E-state index contributed by atoms with van der Waals surface area (Å²) in [4.78, 5) is 21.7. The van der Waals surface area contributed by atoms with Gasteiger partial charge < -0.3 is 35.8 Å². The van der Waals surface area contributed by atoms with Gasteiger partial charge in [-0.15, -0.1) is 0 Å². The van der Waals surface area contributed by atoms with E-state index in [1.807, 2.05) is 0 Å². The number of rotatable bonds is 6.